The van der Waals surface area contributed by atoms with Crippen LogP contribution in [0, 0.1) is 20.8 Å². The molecule has 3 aromatic heterocycles. The van der Waals surface area contributed by atoms with Gasteiger partial charge in [-0.2, -0.15) is 0 Å². The molecule has 3 heterocycles. The molecule has 37 heavy (non-hydrogen) atoms. The molecule has 6 rings (SSSR count). The van der Waals surface area contributed by atoms with Crippen LogP contribution in [-0.4, -0.2) is 15.9 Å². The van der Waals surface area contributed by atoms with E-state index in [1.807, 2.05) is 81.4 Å². The Hall–Kier alpha value is -4.65. The first-order valence-electron chi connectivity index (χ1n) is 12.1. The topological polar surface area (TPSA) is 101 Å². The van der Waals surface area contributed by atoms with Crippen LogP contribution >= 0.6 is 0 Å². The van der Waals surface area contributed by atoms with Crippen LogP contribution < -0.4 is 10.9 Å². The van der Waals surface area contributed by atoms with E-state index in [-0.39, 0.29) is 12.3 Å². The Labute approximate surface area is 212 Å². The highest BCUT2D eigenvalue weighted by molar-refractivity contribution is 6.00. The molecule has 3 aromatic carbocycles. The number of hydrogen-bond acceptors (Lipinski definition) is 5. The number of nitrogens with one attached hydrogen (secondary N) is 2. The van der Waals surface area contributed by atoms with Crippen molar-refractivity contribution in [2.45, 2.75) is 33.2 Å². The third kappa shape index (κ3) is 3.89. The zero-order valence-corrected chi connectivity index (χ0v) is 20.7. The number of imidazole rings is 1. The Morgan fingerprint density at radius 1 is 0.973 bits per heavy atom. The smallest absolute Gasteiger partial charge is 0.340 e. The van der Waals surface area contributed by atoms with Gasteiger partial charge in [-0.25, -0.2) is 9.78 Å². The van der Waals surface area contributed by atoms with Gasteiger partial charge in [0.25, 0.3) is 0 Å². The van der Waals surface area contributed by atoms with Crippen molar-refractivity contribution >= 4 is 38.9 Å². The number of para-hydroxylation sites is 2. The molecule has 0 bridgehead atoms. The van der Waals surface area contributed by atoms with Crippen molar-refractivity contribution in [1.82, 2.24) is 15.3 Å². The largest absolute Gasteiger partial charge is 0.464 e. The Morgan fingerprint density at radius 2 is 1.73 bits per heavy atom. The van der Waals surface area contributed by atoms with Crippen molar-refractivity contribution in [1.29, 1.82) is 0 Å². The fourth-order valence-electron chi connectivity index (χ4n) is 4.96. The Bertz CT molecular complexity index is 1830. The predicted molar refractivity (Wildman–Crippen MR) is 143 cm³/mol. The van der Waals surface area contributed by atoms with Gasteiger partial charge in [0.15, 0.2) is 0 Å². The van der Waals surface area contributed by atoms with Crippen LogP contribution in [0.25, 0.3) is 33.0 Å². The lowest BCUT2D eigenvalue weighted by Crippen LogP contribution is -2.32. The van der Waals surface area contributed by atoms with E-state index in [4.69, 9.17) is 13.8 Å². The number of nitrogens with zero attached hydrogens (tertiary/aromatic N) is 1. The quantitative estimate of drug-likeness (QED) is 0.297. The first-order valence-corrected chi connectivity index (χ1v) is 12.1. The van der Waals surface area contributed by atoms with Gasteiger partial charge in [0.1, 0.15) is 23.0 Å². The van der Waals surface area contributed by atoms with Crippen molar-refractivity contribution in [3.63, 3.8) is 0 Å². The van der Waals surface area contributed by atoms with E-state index in [0.717, 1.165) is 44.1 Å². The summed E-state index contributed by atoms with van der Waals surface area (Å²) >= 11 is 0. The molecule has 0 saturated carbocycles. The van der Waals surface area contributed by atoms with Crippen LogP contribution in [0.1, 0.15) is 39.7 Å². The second-order valence-electron chi connectivity index (χ2n) is 9.39. The van der Waals surface area contributed by atoms with Crippen molar-refractivity contribution < 1.29 is 13.6 Å². The molecule has 184 valence electrons. The van der Waals surface area contributed by atoms with Gasteiger partial charge in [0.05, 0.1) is 29.3 Å². The monoisotopic (exact) mass is 491 g/mol. The molecule has 0 radical (unpaired) electrons. The molecule has 0 aliphatic heterocycles. The lowest BCUT2D eigenvalue weighted by Gasteiger charge is -2.18. The lowest BCUT2D eigenvalue weighted by atomic mass is 9.98. The Balaban J connectivity index is 1.38. The second kappa shape index (κ2) is 8.78. The molecule has 0 fully saturated rings. The summed E-state index contributed by atoms with van der Waals surface area (Å²) in [6, 6.07) is 18.8. The van der Waals surface area contributed by atoms with Crippen molar-refractivity contribution in [2.24, 2.45) is 0 Å². The highest BCUT2D eigenvalue weighted by Crippen LogP contribution is 2.33. The maximum Gasteiger partial charge on any atom is 0.340 e. The molecule has 6 aromatic rings. The number of aromatic nitrogens is 2. The molecule has 0 aliphatic rings. The summed E-state index contributed by atoms with van der Waals surface area (Å²) in [6.07, 6.45) is 1.58. The van der Waals surface area contributed by atoms with Crippen LogP contribution in [0.4, 0.5) is 0 Å². The zero-order chi connectivity index (χ0) is 25.7. The van der Waals surface area contributed by atoms with Crippen molar-refractivity contribution in [3.05, 3.63) is 111 Å². The van der Waals surface area contributed by atoms with Gasteiger partial charge in [0, 0.05) is 16.3 Å². The Kier molecular flexibility index (Phi) is 5.41. The number of furan rings is 1. The molecule has 1 amide bonds. The van der Waals surface area contributed by atoms with Crippen LogP contribution in [0.15, 0.2) is 80.6 Å². The van der Waals surface area contributed by atoms with Gasteiger partial charge >= 0.3 is 5.63 Å². The summed E-state index contributed by atoms with van der Waals surface area (Å²) in [5, 5.41) is 4.84. The predicted octanol–water partition coefficient (Wildman–Crippen LogP) is 5.79. The van der Waals surface area contributed by atoms with Gasteiger partial charge in [-0.15, -0.1) is 0 Å². The van der Waals surface area contributed by atoms with Crippen LogP contribution in [-0.2, 0) is 11.2 Å². The third-order valence-corrected chi connectivity index (χ3v) is 6.99. The fourth-order valence-corrected chi connectivity index (χ4v) is 4.96. The summed E-state index contributed by atoms with van der Waals surface area (Å²) in [5.74, 6) is 0.317. The maximum atomic E-state index is 13.4. The van der Waals surface area contributed by atoms with E-state index >= 15 is 0 Å². The molecule has 0 unspecified atom stereocenters. The number of carbonyl (C=O) groups is 1. The number of hydrogen-bond donors (Lipinski definition) is 2. The van der Waals surface area contributed by atoms with E-state index in [0.29, 0.717) is 22.6 Å². The summed E-state index contributed by atoms with van der Waals surface area (Å²) in [5.41, 5.74) is 6.08. The van der Waals surface area contributed by atoms with Crippen LogP contribution in [0.3, 0.4) is 0 Å². The number of amides is 1. The molecule has 7 heteroatoms. The minimum Gasteiger partial charge on any atom is -0.464 e. The second-order valence-corrected chi connectivity index (χ2v) is 9.39. The lowest BCUT2D eigenvalue weighted by molar-refractivity contribution is -0.121. The Morgan fingerprint density at radius 3 is 2.51 bits per heavy atom. The van der Waals surface area contributed by atoms with Crippen molar-refractivity contribution in [3.8, 4) is 0 Å². The molecular formula is C30H25N3O4. The van der Waals surface area contributed by atoms with Crippen molar-refractivity contribution in [2.75, 3.05) is 0 Å². The van der Waals surface area contributed by atoms with Gasteiger partial charge in [-0.05, 0) is 55.7 Å². The minimum atomic E-state index is -0.522. The number of H-pyrrole nitrogens is 1. The molecule has 2 N–H and O–H groups in total. The number of carbonyl (C=O) groups excluding carboxylic acids is 1. The molecule has 0 saturated heterocycles. The summed E-state index contributed by atoms with van der Waals surface area (Å²) < 4.78 is 11.4. The first kappa shape index (κ1) is 22.8. The van der Waals surface area contributed by atoms with E-state index in [1.165, 1.54) is 0 Å². The highest BCUT2D eigenvalue weighted by Gasteiger charge is 2.23. The number of benzene rings is 3. The van der Waals surface area contributed by atoms with E-state index in [9.17, 15) is 9.59 Å². The van der Waals surface area contributed by atoms with Crippen LogP contribution in [0.5, 0.6) is 0 Å². The number of fused-ring (bicyclic) bond motifs is 3. The standard InChI is InChI=1S/C30H25N3O4/c1-16-15-36-27-18(3)28-21(13-20(16)27)17(2)22(30(35)37-28)14-25(34)33-26(19-9-5-4-6-10-19)29-31-23-11-7-8-12-24(23)32-29/h4-13,15,26H,14H2,1-3H3,(H,31,32)(H,33,34)/t26-/m1/s1. The average Bonchev–Trinajstić information content (AvgIpc) is 3.50. The molecule has 0 aliphatic carbocycles. The normalized spacial score (nSPS) is 12.4. The van der Waals surface area contributed by atoms with Gasteiger partial charge in [-0.3, -0.25) is 4.79 Å². The molecule has 7 nitrogen and oxygen atoms in total. The summed E-state index contributed by atoms with van der Waals surface area (Å²) in [7, 11) is 0. The van der Waals surface area contributed by atoms with Gasteiger partial charge in [-0.1, -0.05) is 42.5 Å². The zero-order valence-electron chi connectivity index (χ0n) is 20.7. The molecule has 1 atom stereocenters. The number of aryl methyl sites for hydroxylation is 3. The van der Waals surface area contributed by atoms with E-state index in [2.05, 4.69) is 10.3 Å². The first-order chi connectivity index (χ1) is 17.9. The molecule has 0 spiro atoms. The van der Waals surface area contributed by atoms with Gasteiger partial charge < -0.3 is 19.1 Å². The maximum absolute atomic E-state index is 13.4. The average molecular weight is 492 g/mol. The fraction of sp³-hybridized carbons (Fsp3) is 0.167. The number of aromatic amines is 1. The third-order valence-electron chi connectivity index (χ3n) is 6.99. The number of rotatable bonds is 5. The van der Waals surface area contributed by atoms with Crippen LogP contribution in [0.2, 0.25) is 0 Å². The highest BCUT2D eigenvalue weighted by atomic mass is 16.4. The summed E-state index contributed by atoms with van der Waals surface area (Å²) in [4.78, 5) is 34.4. The van der Waals surface area contributed by atoms with E-state index in [1.54, 1.807) is 6.26 Å². The van der Waals surface area contributed by atoms with Gasteiger partial charge in [0.2, 0.25) is 5.91 Å². The minimum absolute atomic E-state index is 0.116. The van der Waals surface area contributed by atoms with E-state index < -0.39 is 11.7 Å². The molecular weight excluding hydrogens is 466 g/mol. The SMILES string of the molecule is Cc1coc2c(C)c3oc(=O)c(CC(=O)N[C@H](c4ccccc4)c4nc5ccccc5[nH]4)c(C)c3cc12. The summed E-state index contributed by atoms with van der Waals surface area (Å²) in [6.45, 7) is 5.71.